The van der Waals surface area contributed by atoms with Crippen molar-refractivity contribution < 1.29 is 9.53 Å². The van der Waals surface area contributed by atoms with Crippen molar-refractivity contribution >= 4 is 18.4 Å². The molecular weight excluding hydrogens is 262 g/mol. The SMILES string of the molecule is CCC(=O)OC1(c2ccccc2)CCN(C)CC1.Cl. The number of carbonyl (C=O) groups excluding carboxylic acids is 1. The zero-order valence-electron chi connectivity index (χ0n) is 11.6. The van der Waals surface area contributed by atoms with Gasteiger partial charge in [-0.1, -0.05) is 37.3 Å². The van der Waals surface area contributed by atoms with E-state index in [9.17, 15) is 4.79 Å². The lowest BCUT2D eigenvalue weighted by atomic mass is 9.84. The summed E-state index contributed by atoms with van der Waals surface area (Å²) in [6.07, 6.45) is 2.18. The first kappa shape index (κ1) is 16.0. The lowest BCUT2D eigenvalue weighted by Crippen LogP contribution is -2.43. The first-order valence-corrected chi connectivity index (χ1v) is 6.62. The van der Waals surface area contributed by atoms with Crippen LogP contribution in [0.15, 0.2) is 30.3 Å². The highest BCUT2D eigenvalue weighted by molar-refractivity contribution is 5.85. The number of nitrogens with zero attached hydrogens (tertiary/aromatic N) is 1. The minimum atomic E-state index is -0.416. The number of benzene rings is 1. The third-order valence-electron chi connectivity index (χ3n) is 3.69. The average Bonchev–Trinajstić information content (AvgIpc) is 2.42. The molecule has 0 amide bonds. The molecule has 0 saturated carbocycles. The van der Waals surface area contributed by atoms with Gasteiger partial charge < -0.3 is 9.64 Å². The quantitative estimate of drug-likeness (QED) is 0.799. The summed E-state index contributed by atoms with van der Waals surface area (Å²) in [5, 5.41) is 0. The lowest BCUT2D eigenvalue weighted by Gasteiger charge is -2.40. The molecule has 0 radical (unpaired) electrons. The molecule has 0 N–H and O–H groups in total. The molecule has 1 aliphatic heterocycles. The van der Waals surface area contributed by atoms with Crippen LogP contribution in [-0.2, 0) is 15.1 Å². The Bertz CT molecular complexity index is 400. The third kappa shape index (κ3) is 3.71. The van der Waals surface area contributed by atoms with Crippen molar-refractivity contribution in [2.24, 2.45) is 0 Å². The van der Waals surface area contributed by atoms with E-state index in [0.29, 0.717) is 6.42 Å². The van der Waals surface area contributed by atoms with E-state index in [1.54, 1.807) is 0 Å². The Morgan fingerprint density at radius 1 is 1.26 bits per heavy atom. The molecule has 2 rings (SSSR count). The molecule has 1 heterocycles. The molecule has 1 aromatic rings. The third-order valence-corrected chi connectivity index (χ3v) is 3.69. The van der Waals surface area contributed by atoms with Gasteiger partial charge in [-0.05, 0) is 12.6 Å². The van der Waals surface area contributed by atoms with Crippen LogP contribution in [0.3, 0.4) is 0 Å². The van der Waals surface area contributed by atoms with Crippen molar-refractivity contribution in [1.29, 1.82) is 0 Å². The monoisotopic (exact) mass is 283 g/mol. The molecule has 106 valence electrons. The second-order valence-corrected chi connectivity index (χ2v) is 4.99. The van der Waals surface area contributed by atoms with Crippen molar-refractivity contribution in [3.63, 3.8) is 0 Å². The summed E-state index contributed by atoms with van der Waals surface area (Å²) >= 11 is 0. The van der Waals surface area contributed by atoms with E-state index in [0.717, 1.165) is 31.5 Å². The van der Waals surface area contributed by atoms with Gasteiger partial charge in [0.25, 0.3) is 0 Å². The maximum atomic E-state index is 11.7. The topological polar surface area (TPSA) is 29.5 Å². The number of halogens is 1. The average molecular weight is 284 g/mol. The van der Waals surface area contributed by atoms with Gasteiger partial charge in [0.05, 0.1) is 0 Å². The molecule has 19 heavy (non-hydrogen) atoms. The summed E-state index contributed by atoms with van der Waals surface area (Å²) in [6, 6.07) is 10.1. The van der Waals surface area contributed by atoms with Crippen molar-refractivity contribution in [3.05, 3.63) is 35.9 Å². The number of carbonyl (C=O) groups is 1. The van der Waals surface area contributed by atoms with Crippen LogP contribution in [0.25, 0.3) is 0 Å². The highest BCUT2D eigenvalue weighted by atomic mass is 35.5. The maximum Gasteiger partial charge on any atom is 0.306 e. The molecule has 1 aromatic carbocycles. The zero-order valence-corrected chi connectivity index (χ0v) is 12.4. The summed E-state index contributed by atoms with van der Waals surface area (Å²) in [5.74, 6) is -0.108. The van der Waals surface area contributed by atoms with Crippen LogP contribution in [0.5, 0.6) is 0 Å². The molecular formula is C15H22ClNO2. The Morgan fingerprint density at radius 3 is 2.37 bits per heavy atom. The van der Waals surface area contributed by atoms with Gasteiger partial charge >= 0.3 is 5.97 Å². The van der Waals surface area contributed by atoms with Crippen LogP contribution in [-0.4, -0.2) is 31.0 Å². The number of hydrogen-bond donors (Lipinski definition) is 0. The van der Waals surface area contributed by atoms with Crippen LogP contribution >= 0.6 is 12.4 Å². The predicted octanol–water partition coefficient (Wildman–Crippen LogP) is 2.98. The molecule has 4 heteroatoms. The number of rotatable bonds is 3. The molecule has 0 spiro atoms. The van der Waals surface area contributed by atoms with Crippen molar-refractivity contribution in [2.45, 2.75) is 31.8 Å². The van der Waals surface area contributed by atoms with Gasteiger partial charge in [0, 0.05) is 32.4 Å². The van der Waals surface area contributed by atoms with Gasteiger partial charge in [0.2, 0.25) is 0 Å². The summed E-state index contributed by atoms with van der Waals surface area (Å²) < 4.78 is 5.80. The van der Waals surface area contributed by atoms with Crippen LogP contribution in [0.2, 0.25) is 0 Å². The van der Waals surface area contributed by atoms with E-state index < -0.39 is 5.60 Å². The van der Waals surface area contributed by atoms with Crippen LogP contribution in [0.1, 0.15) is 31.7 Å². The Balaban J connectivity index is 0.00000180. The Hall–Kier alpha value is -1.06. The molecule has 1 aliphatic rings. The first-order chi connectivity index (χ1) is 8.66. The summed E-state index contributed by atoms with van der Waals surface area (Å²) in [4.78, 5) is 14.0. The number of likely N-dealkylation sites (tertiary alicyclic amines) is 1. The number of piperidine rings is 1. The minimum Gasteiger partial charge on any atom is -0.454 e. The van der Waals surface area contributed by atoms with Crippen LogP contribution in [0, 0.1) is 0 Å². The van der Waals surface area contributed by atoms with Gasteiger partial charge in [-0.15, -0.1) is 12.4 Å². The second-order valence-electron chi connectivity index (χ2n) is 4.99. The van der Waals surface area contributed by atoms with Crippen molar-refractivity contribution in [2.75, 3.05) is 20.1 Å². The van der Waals surface area contributed by atoms with E-state index >= 15 is 0 Å². The Morgan fingerprint density at radius 2 is 1.84 bits per heavy atom. The highest BCUT2D eigenvalue weighted by Crippen LogP contribution is 2.36. The normalized spacial score (nSPS) is 18.4. The Labute approximate surface area is 121 Å². The van der Waals surface area contributed by atoms with Crippen LogP contribution in [0.4, 0.5) is 0 Å². The number of ether oxygens (including phenoxy) is 1. The molecule has 1 saturated heterocycles. The minimum absolute atomic E-state index is 0. The second kappa shape index (κ2) is 6.92. The summed E-state index contributed by atoms with van der Waals surface area (Å²) in [5.41, 5.74) is 0.709. The fourth-order valence-corrected chi connectivity index (χ4v) is 2.46. The van der Waals surface area contributed by atoms with Crippen LogP contribution < -0.4 is 0 Å². The first-order valence-electron chi connectivity index (χ1n) is 6.62. The van der Waals surface area contributed by atoms with E-state index in [2.05, 4.69) is 24.1 Å². The van der Waals surface area contributed by atoms with Gasteiger partial charge in [0.1, 0.15) is 5.60 Å². The molecule has 1 fully saturated rings. The fourth-order valence-electron chi connectivity index (χ4n) is 2.46. The van der Waals surface area contributed by atoms with Crippen molar-refractivity contribution in [3.8, 4) is 0 Å². The number of hydrogen-bond acceptors (Lipinski definition) is 3. The predicted molar refractivity (Wildman–Crippen MR) is 78.5 cm³/mol. The summed E-state index contributed by atoms with van der Waals surface area (Å²) in [6.45, 7) is 3.77. The van der Waals surface area contributed by atoms with E-state index in [1.165, 1.54) is 0 Å². The number of esters is 1. The highest BCUT2D eigenvalue weighted by Gasteiger charge is 2.38. The van der Waals surface area contributed by atoms with E-state index in [-0.39, 0.29) is 18.4 Å². The molecule has 0 bridgehead atoms. The van der Waals surface area contributed by atoms with Crippen molar-refractivity contribution in [1.82, 2.24) is 4.90 Å². The molecule has 0 aromatic heterocycles. The smallest absolute Gasteiger partial charge is 0.306 e. The Kier molecular flexibility index (Phi) is 5.83. The molecule has 0 unspecified atom stereocenters. The van der Waals surface area contributed by atoms with E-state index in [4.69, 9.17) is 4.74 Å². The largest absolute Gasteiger partial charge is 0.454 e. The fraction of sp³-hybridized carbons (Fsp3) is 0.533. The summed E-state index contributed by atoms with van der Waals surface area (Å²) in [7, 11) is 2.11. The van der Waals surface area contributed by atoms with E-state index in [1.807, 2.05) is 25.1 Å². The zero-order chi connectivity index (χ0) is 13.0. The van der Waals surface area contributed by atoms with Gasteiger partial charge in [0.15, 0.2) is 0 Å². The lowest BCUT2D eigenvalue weighted by molar-refractivity contribution is -0.166. The van der Waals surface area contributed by atoms with Gasteiger partial charge in [-0.3, -0.25) is 4.79 Å². The molecule has 0 atom stereocenters. The molecule has 3 nitrogen and oxygen atoms in total. The maximum absolute atomic E-state index is 11.7. The standard InChI is InChI=1S/C15H21NO2.ClH/c1-3-14(17)18-15(9-11-16(2)12-10-15)13-7-5-4-6-8-13;/h4-8H,3,9-12H2,1-2H3;1H. The van der Waals surface area contributed by atoms with Gasteiger partial charge in [-0.2, -0.15) is 0 Å². The molecule has 0 aliphatic carbocycles. The van der Waals surface area contributed by atoms with Gasteiger partial charge in [-0.25, -0.2) is 0 Å².